The van der Waals surface area contributed by atoms with Crippen LogP contribution < -0.4 is 0 Å². The first-order valence-corrected chi connectivity index (χ1v) is 9.30. The van der Waals surface area contributed by atoms with E-state index in [9.17, 15) is 13.2 Å². The third kappa shape index (κ3) is 4.21. The molecule has 0 saturated heterocycles. The second kappa shape index (κ2) is 6.07. The van der Waals surface area contributed by atoms with Gasteiger partial charge < -0.3 is 9.67 Å². The molecule has 8 heteroatoms. The van der Waals surface area contributed by atoms with Gasteiger partial charge in [-0.3, -0.25) is 4.79 Å². The molecule has 1 N–H and O–H groups in total. The number of carbonyl (C=O) groups is 1. The molecule has 0 fully saturated rings. The van der Waals surface area contributed by atoms with E-state index in [1.54, 1.807) is 4.57 Å². The summed E-state index contributed by atoms with van der Waals surface area (Å²) < 4.78 is 24.5. The number of hydrogen-bond donors (Lipinski definition) is 1. The predicted octanol–water partition coefficient (Wildman–Crippen LogP) is 1.57. The number of nitrogens with zero attached hydrogens (tertiary/aromatic N) is 2. The van der Waals surface area contributed by atoms with Crippen molar-refractivity contribution in [2.24, 2.45) is 0 Å². The Hall–Kier alpha value is -1.54. The largest absolute Gasteiger partial charge is 0.481 e. The Morgan fingerprint density at radius 3 is 2.76 bits per heavy atom. The van der Waals surface area contributed by atoms with Crippen molar-refractivity contribution in [3.8, 4) is 0 Å². The molecule has 21 heavy (non-hydrogen) atoms. The van der Waals surface area contributed by atoms with Gasteiger partial charge in [-0.1, -0.05) is 17.8 Å². The number of carboxylic acid groups (broad SMARTS) is 1. The lowest BCUT2D eigenvalue weighted by atomic mass is 10.2. The monoisotopic (exact) mass is 328 g/mol. The maximum absolute atomic E-state index is 11.4. The summed E-state index contributed by atoms with van der Waals surface area (Å²) in [6, 6.07) is 5.70. The fourth-order valence-corrected chi connectivity index (χ4v) is 3.20. The molecule has 114 valence electrons. The van der Waals surface area contributed by atoms with Gasteiger partial charge in [-0.05, 0) is 24.6 Å². The van der Waals surface area contributed by atoms with E-state index in [1.165, 1.54) is 6.26 Å². The highest BCUT2D eigenvalue weighted by atomic mass is 32.2. The molecule has 2 aromatic rings. The van der Waals surface area contributed by atoms with Gasteiger partial charge in [0.05, 0.1) is 22.5 Å². The second-order valence-electron chi connectivity index (χ2n) is 4.85. The van der Waals surface area contributed by atoms with Gasteiger partial charge in [0.2, 0.25) is 0 Å². The molecular weight excluding hydrogens is 312 g/mol. The SMILES string of the molecule is Cc1ccc2nc(SCC(=O)O)n(CCS(C)(=O)=O)c2c1. The van der Waals surface area contributed by atoms with Crippen LogP contribution in [0.2, 0.25) is 0 Å². The average molecular weight is 328 g/mol. The Kier molecular flexibility index (Phi) is 4.58. The number of benzene rings is 1. The van der Waals surface area contributed by atoms with Crippen molar-refractivity contribution in [3.05, 3.63) is 23.8 Å². The highest BCUT2D eigenvalue weighted by molar-refractivity contribution is 7.99. The number of fused-ring (bicyclic) bond motifs is 1. The van der Waals surface area contributed by atoms with Crippen molar-refractivity contribution < 1.29 is 18.3 Å². The molecule has 1 aromatic heterocycles. The van der Waals surface area contributed by atoms with Crippen LogP contribution in [0.3, 0.4) is 0 Å². The van der Waals surface area contributed by atoms with Gasteiger partial charge >= 0.3 is 5.97 Å². The van der Waals surface area contributed by atoms with E-state index < -0.39 is 15.8 Å². The molecule has 0 aliphatic carbocycles. The third-order valence-corrected chi connectivity index (χ3v) is 4.76. The third-order valence-electron chi connectivity index (χ3n) is 2.88. The minimum atomic E-state index is -3.10. The van der Waals surface area contributed by atoms with E-state index >= 15 is 0 Å². The summed E-state index contributed by atoms with van der Waals surface area (Å²) in [4.78, 5) is 15.1. The molecule has 2 rings (SSSR count). The quantitative estimate of drug-likeness (QED) is 0.810. The highest BCUT2D eigenvalue weighted by Gasteiger charge is 2.14. The molecule has 1 aromatic carbocycles. The molecule has 0 spiro atoms. The van der Waals surface area contributed by atoms with Crippen molar-refractivity contribution in [1.82, 2.24) is 9.55 Å². The van der Waals surface area contributed by atoms with Crippen LogP contribution in [0, 0.1) is 6.92 Å². The summed E-state index contributed by atoms with van der Waals surface area (Å²) in [7, 11) is -3.10. The molecule has 0 saturated carbocycles. The molecule has 0 atom stereocenters. The van der Waals surface area contributed by atoms with Crippen LogP contribution in [-0.4, -0.2) is 46.8 Å². The summed E-state index contributed by atoms with van der Waals surface area (Å²) in [5, 5.41) is 9.32. The van der Waals surface area contributed by atoms with Gasteiger partial charge in [0.1, 0.15) is 9.84 Å². The van der Waals surface area contributed by atoms with Crippen molar-refractivity contribution in [1.29, 1.82) is 0 Å². The Labute approximate surface area is 127 Å². The maximum Gasteiger partial charge on any atom is 0.313 e. The Balaban J connectivity index is 2.42. The standard InChI is InChI=1S/C13H16N2O4S2/c1-9-3-4-10-11(7-9)15(5-6-21(2,18)19)13(14-10)20-8-12(16)17/h3-4,7H,5-6,8H2,1-2H3,(H,16,17). The zero-order valence-electron chi connectivity index (χ0n) is 11.7. The first-order valence-electron chi connectivity index (χ1n) is 6.25. The van der Waals surface area contributed by atoms with Crippen LogP contribution in [0.15, 0.2) is 23.4 Å². The van der Waals surface area contributed by atoms with Crippen molar-refractivity contribution >= 4 is 38.6 Å². The summed E-state index contributed by atoms with van der Waals surface area (Å²) in [6.07, 6.45) is 1.18. The molecule has 0 amide bonds. The number of sulfone groups is 1. The van der Waals surface area contributed by atoms with Gasteiger partial charge in [-0.15, -0.1) is 0 Å². The van der Waals surface area contributed by atoms with Crippen LogP contribution in [0.4, 0.5) is 0 Å². The molecule has 0 aliphatic rings. The Morgan fingerprint density at radius 2 is 2.14 bits per heavy atom. The van der Waals surface area contributed by atoms with Gasteiger partial charge in [0, 0.05) is 12.8 Å². The number of aryl methyl sites for hydroxylation is 2. The predicted molar refractivity (Wildman–Crippen MR) is 82.5 cm³/mol. The van der Waals surface area contributed by atoms with Crippen molar-refractivity contribution in [2.75, 3.05) is 17.8 Å². The number of imidazole rings is 1. The first-order chi connectivity index (χ1) is 9.76. The topological polar surface area (TPSA) is 89.3 Å². The molecule has 1 heterocycles. The Bertz CT molecular complexity index is 781. The maximum atomic E-state index is 11.4. The molecule has 6 nitrogen and oxygen atoms in total. The van der Waals surface area contributed by atoms with E-state index in [2.05, 4.69) is 4.98 Å². The summed E-state index contributed by atoms with van der Waals surface area (Å²) >= 11 is 1.09. The zero-order valence-corrected chi connectivity index (χ0v) is 13.4. The zero-order chi connectivity index (χ0) is 15.6. The lowest BCUT2D eigenvalue weighted by Crippen LogP contribution is -2.12. The number of carboxylic acids is 1. The number of aromatic nitrogens is 2. The molecular formula is C13H16N2O4S2. The van der Waals surface area contributed by atoms with Gasteiger partial charge in [0.25, 0.3) is 0 Å². The normalized spacial score (nSPS) is 11.9. The van der Waals surface area contributed by atoms with E-state index in [0.29, 0.717) is 5.16 Å². The smallest absolute Gasteiger partial charge is 0.313 e. The van der Waals surface area contributed by atoms with Crippen LogP contribution in [0.25, 0.3) is 11.0 Å². The Morgan fingerprint density at radius 1 is 1.43 bits per heavy atom. The number of hydrogen-bond acceptors (Lipinski definition) is 5. The highest BCUT2D eigenvalue weighted by Crippen LogP contribution is 2.25. The number of rotatable bonds is 6. The van der Waals surface area contributed by atoms with E-state index in [1.807, 2.05) is 25.1 Å². The minimum absolute atomic E-state index is 0.00691. The van der Waals surface area contributed by atoms with Crippen molar-refractivity contribution in [2.45, 2.75) is 18.6 Å². The van der Waals surface area contributed by atoms with Crippen LogP contribution in [0.1, 0.15) is 5.56 Å². The summed E-state index contributed by atoms with van der Waals surface area (Å²) in [6.45, 7) is 2.21. The first kappa shape index (κ1) is 15.8. The van der Waals surface area contributed by atoms with Gasteiger partial charge in [-0.25, -0.2) is 13.4 Å². The average Bonchev–Trinajstić information content (AvgIpc) is 2.70. The lowest BCUT2D eigenvalue weighted by Gasteiger charge is -2.07. The van der Waals surface area contributed by atoms with E-state index in [-0.39, 0.29) is 18.1 Å². The lowest BCUT2D eigenvalue weighted by molar-refractivity contribution is -0.133. The van der Waals surface area contributed by atoms with Gasteiger partial charge in [0.15, 0.2) is 5.16 Å². The summed E-state index contributed by atoms with van der Waals surface area (Å²) in [5.74, 6) is -1.05. The fraction of sp³-hybridized carbons (Fsp3) is 0.385. The van der Waals surface area contributed by atoms with E-state index in [4.69, 9.17) is 5.11 Å². The van der Waals surface area contributed by atoms with Crippen molar-refractivity contribution in [3.63, 3.8) is 0 Å². The van der Waals surface area contributed by atoms with Gasteiger partial charge in [-0.2, -0.15) is 0 Å². The molecule has 0 unspecified atom stereocenters. The van der Waals surface area contributed by atoms with Crippen LogP contribution in [-0.2, 0) is 21.2 Å². The van der Waals surface area contributed by atoms with Crippen LogP contribution in [0.5, 0.6) is 0 Å². The molecule has 0 bridgehead atoms. The second-order valence-corrected chi connectivity index (χ2v) is 8.05. The fourth-order valence-electron chi connectivity index (χ4n) is 1.92. The minimum Gasteiger partial charge on any atom is -0.481 e. The van der Waals surface area contributed by atoms with E-state index in [0.717, 1.165) is 28.4 Å². The van der Waals surface area contributed by atoms with Crippen LogP contribution >= 0.6 is 11.8 Å². The number of thioether (sulfide) groups is 1. The number of aliphatic carboxylic acids is 1. The molecule has 0 radical (unpaired) electrons. The molecule has 0 aliphatic heterocycles. The summed E-state index contributed by atoms with van der Waals surface area (Å²) in [5.41, 5.74) is 2.60.